The molecule has 77 heavy (non-hydrogen) atoms. The van der Waals surface area contributed by atoms with Gasteiger partial charge in [0.2, 0.25) is 0 Å². The molecule has 10 heteroatoms. The Hall–Kier alpha value is -3.07. The van der Waals surface area contributed by atoms with Gasteiger partial charge in [-0.3, -0.25) is 18.6 Å². The number of rotatable bonds is 59. The topological polar surface area (TPSA) is 134 Å². The molecule has 0 saturated heterocycles. The Morgan fingerprint density at radius 2 is 0.714 bits per heavy atom. The summed E-state index contributed by atoms with van der Waals surface area (Å²) in [5.41, 5.74) is 5.38. The van der Waals surface area contributed by atoms with Crippen LogP contribution >= 0.6 is 7.82 Å². The summed E-state index contributed by atoms with van der Waals surface area (Å²) in [6, 6.07) is 0. The Kier molecular flexibility index (Phi) is 59.7. The van der Waals surface area contributed by atoms with Crippen LogP contribution < -0.4 is 5.73 Å². The Morgan fingerprint density at radius 3 is 1.08 bits per heavy atom. The van der Waals surface area contributed by atoms with Crippen LogP contribution in [-0.2, 0) is 32.7 Å². The third-order valence-corrected chi connectivity index (χ3v) is 14.4. The van der Waals surface area contributed by atoms with E-state index >= 15 is 0 Å². The van der Waals surface area contributed by atoms with E-state index in [0.29, 0.717) is 6.42 Å². The molecule has 0 aliphatic heterocycles. The average molecular weight is 1100 g/mol. The van der Waals surface area contributed by atoms with Gasteiger partial charge in [0, 0.05) is 19.4 Å². The molecular weight excluding hydrogens is 978 g/mol. The summed E-state index contributed by atoms with van der Waals surface area (Å²) in [6.07, 6.45) is 83.6. The number of phosphoric acid groups is 1. The third-order valence-electron chi connectivity index (χ3n) is 13.5. The summed E-state index contributed by atoms with van der Waals surface area (Å²) in [4.78, 5) is 35.2. The summed E-state index contributed by atoms with van der Waals surface area (Å²) in [5, 5.41) is 0. The first-order chi connectivity index (χ1) is 37.8. The second-order valence-electron chi connectivity index (χ2n) is 20.9. The number of hydrogen-bond donors (Lipinski definition) is 2. The number of unbranched alkanes of at least 4 members (excludes halogenated alkanes) is 30. The fourth-order valence-corrected chi connectivity index (χ4v) is 9.55. The molecule has 0 radical (unpaired) electrons. The van der Waals surface area contributed by atoms with Gasteiger partial charge >= 0.3 is 19.8 Å². The average Bonchev–Trinajstić information content (AvgIpc) is 3.42. The maximum Gasteiger partial charge on any atom is 0.472 e. The standard InChI is InChI=1S/C67H118NO8P/c1-3-5-7-9-11-13-15-17-19-21-23-24-25-26-27-28-29-30-31-32-33-34-35-36-37-38-39-40-42-43-45-47-49-51-53-55-57-59-66(69)73-63-65(64-75-77(71,72)74-62-61-68)76-67(70)60-58-56-54-52-50-48-46-44-41-22-20-18-16-14-12-10-8-6-4-2/h6,8,12,14-15,17-18,20-21,23,25-26,41,44,48,50,65H,3-5,7,9-11,13,16,19,22,24,27-40,42-43,45-47,49,51-64,68H2,1-2H3,(H,71,72)/b8-6-,14-12-,17-15-,20-18-,23-21-,26-25-,44-41-,50-48-. The molecule has 0 aliphatic rings. The van der Waals surface area contributed by atoms with Gasteiger partial charge in [-0.15, -0.1) is 0 Å². The molecule has 0 amide bonds. The van der Waals surface area contributed by atoms with E-state index < -0.39 is 26.5 Å². The first kappa shape index (κ1) is 73.9. The smallest absolute Gasteiger partial charge is 0.462 e. The van der Waals surface area contributed by atoms with Crippen molar-refractivity contribution in [1.82, 2.24) is 0 Å². The lowest BCUT2D eigenvalue weighted by atomic mass is 10.0. The maximum atomic E-state index is 12.7. The first-order valence-electron chi connectivity index (χ1n) is 31.7. The Labute approximate surface area is 474 Å². The number of allylic oxidation sites excluding steroid dienone is 16. The van der Waals surface area contributed by atoms with Crippen molar-refractivity contribution >= 4 is 19.8 Å². The van der Waals surface area contributed by atoms with E-state index in [-0.39, 0.29) is 38.6 Å². The number of esters is 2. The molecule has 0 saturated carbocycles. The monoisotopic (exact) mass is 1100 g/mol. The van der Waals surface area contributed by atoms with E-state index in [1.807, 2.05) is 0 Å². The highest BCUT2D eigenvalue weighted by atomic mass is 31.2. The van der Waals surface area contributed by atoms with Crippen LogP contribution in [0.15, 0.2) is 97.2 Å². The van der Waals surface area contributed by atoms with Gasteiger partial charge in [0.25, 0.3) is 0 Å². The first-order valence-corrected chi connectivity index (χ1v) is 33.2. The molecule has 0 aliphatic carbocycles. The van der Waals surface area contributed by atoms with Crippen molar-refractivity contribution in [3.8, 4) is 0 Å². The van der Waals surface area contributed by atoms with Crippen LogP contribution in [0, 0.1) is 0 Å². The second kappa shape index (κ2) is 62.1. The van der Waals surface area contributed by atoms with Crippen molar-refractivity contribution in [2.75, 3.05) is 26.4 Å². The number of hydrogen-bond acceptors (Lipinski definition) is 8. The van der Waals surface area contributed by atoms with Crippen LogP contribution in [0.1, 0.15) is 284 Å². The molecule has 9 nitrogen and oxygen atoms in total. The lowest BCUT2D eigenvalue weighted by molar-refractivity contribution is -0.161. The molecule has 0 spiro atoms. The largest absolute Gasteiger partial charge is 0.472 e. The van der Waals surface area contributed by atoms with Crippen molar-refractivity contribution in [2.24, 2.45) is 5.73 Å². The Balaban J connectivity index is 3.86. The van der Waals surface area contributed by atoms with Crippen molar-refractivity contribution in [1.29, 1.82) is 0 Å². The normalized spacial score (nSPS) is 13.7. The van der Waals surface area contributed by atoms with Gasteiger partial charge in [0.1, 0.15) is 6.61 Å². The lowest BCUT2D eigenvalue weighted by Crippen LogP contribution is -2.29. The number of phosphoric ester groups is 1. The molecule has 0 heterocycles. The van der Waals surface area contributed by atoms with Crippen LogP contribution in [0.4, 0.5) is 0 Å². The summed E-state index contributed by atoms with van der Waals surface area (Å²) in [7, 11) is -4.40. The van der Waals surface area contributed by atoms with E-state index in [1.54, 1.807) is 0 Å². The van der Waals surface area contributed by atoms with E-state index in [4.69, 9.17) is 24.3 Å². The van der Waals surface area contributed by atoms with Gasteiger partial charge in [-0.25, -0.2) is 4.57 Å². The number of carbonyl (C=O) groups excluding carboxylic acids is 2. The Morgan fingerprint density at radius 1 is 0.403 bits per heavy atom. The highest BCUT2D eigenvalue weighted by Crippen LogP contribution is 2.43. The van der Waals surface area contributed by atoms with E-state index in [1.165, 1.54) is 167 Å². The van der Waals surface area contributed by atoms with Crippen LogP contribution in [0.5, 0.6) is 0 Å². The molecule has 0 rings (SSSR count). The third kappa shape index (κ3) is 62.0. The minimum atomic E-state index is -4.40. The van der Waals surface area contributed by atoms with Gasteiger partial charge in [-0.2, -0.15) is 0 Å². The molecule has 2 atom stereocenters. The lowest BCUT2D eigenvalue weighted by Gasteiger charge is -2.19. The molecule has 444 valence electrons. The maximum absolute atomic E-state index is 12.7. The number of ether oxygens (including phenoxy) is 2. The van der Waals surface area contributed by atoms with E-state index in [2.05, 4.69) is 111 Å². The van der Waals surface area contributed by atoms with Gasteiger partial charge in [0.15, 0.2) is 6.10 Å². The highest BCUT2D eigenvalue weighted by Gasteiger charge is 2.26. The summed E-state index contributed by atoms with van der Waals surface area (Å²) >= 11 is 0. The zero-order valence-electron chi connectivity index (χ0n) is 49.7. The van der Waals surface area contributed by atoms with Crippen molar-refractivity contribution < 1.29 is 37.6 Å². The zero-order valence-corrected chi connectivity index (χ0v) is 50.6. The van der Waals surface area contributed by atoms with Crippen LogP contribution in [-0.4, -0.2) is 49.3 Å². The molecule has 0 aromatic carbocycles. The highest BCUT2D eigenvalue weighted by molar-refractivity contribution is 7.47. The van der Waals surface area contributed by atoms with Crippen LogP contribution in [0.25, 0.3) is 0 Å². The van der Waals surface area contributed by atoms with Crippen molar-refractivity contribution in [3.63, 3.8) is 0 Å². The summed E-state index contributed by atoms with van der Waals surface area (Å²) in [5.74, 6) is -0.862. The second-order valence-corrected chi connectivity index (χ2v) is 22.3. The Bertz CT molecular complexity index is 1580. The number of carbonyl (C=O) groups is 2. The van der Waals surface area contributed by atoms with E-state index in [0.717, 1.165) is 83.5 Å². The quantitative estimate of drug-likeness (QED) is 0.0264. The fourth-order valence-electron chi connectivity index (χ4n) is 8.79. The fraction of sp³-hybridized carbons (Fsp3) is 0.731. The SMILES string of the molecule is CC/C=C\C/C=C\C/C=C\C/C=C\C/C=C\CCCCCC(=O)OC(COC(=O)CCCCCCCCCCCCCCCCCCCCCCCC/C=C\C/C=C\C/C=C\CCCCCCC)COP(=O)(O)OCCN. The van der Waals surface area contributed by atoms with Gasteiger partial charge in [0.05, 0.1) is 13.2 Å². The molecule has 0 bridgehead atoms. The molecule has 0 fully saturated rings. The van der Waals surface area contributed by atoms with Gasteiger partial charge in [-0.1, -0.05) is 272 Å². The molecule has 0 aromatic heterocycles. The molecule has 2 unspecified atom stereocenters. The van der Waals surface area contributed by atoms with E-state index in [9.17, 15) is 19.0 Å². The van der Waals surface area contributed by atoms with Crippen LogP contribution in [0.3, 0.4) is 0 Å². The molecule has 0 aromatic rings. The summed E-state index contributed by atoms with van der Waals surface area (Å²) < 4.78 is 33.0. The molecule has 3 N–H and O–H groups in total. The minimum Gasteiger partial charge on any atom is -0.462 e. The summed E-state index contributed by atoms with van der Waals surface area (Å²) in [6.45, 7) is 3.59. The van der Waals surface area contributed by atoms with Crippen LogP contribution in [0.2, 0.25) is 0 Å². The molecular formula is C67H118NO8P. The predicted octanol–water partition coefficient (Wildman–Crippen LogP) is 20.4. The van der Waals surface area contributed by atoms with Crippen molar-refractivity contribution in [2.45, 2.75) is 290 Å². The van der Waals surface area contributed by atoms with Gasteiger partial charge < -0.3 is 20.1 Å². The van der Waals surface area contributed by atoms with Gasteiger partial charge in [-0.05, 0) is 96.3 Å². The number of nitrogens with two attached hydrogens (primary N) is 1. The van der Waals surface area contributed by atoms with Crippen molar-refractivity contribution in [3.05, 3.63) is 97.2 Å². The predicted molar refractivity (Wildman–Crippen MR) is 330 cm³/mol. The zero-order chi connectivity index (χ0) is 55.9. The minimum absolute atomic E-state index is 0.0444.